The molecule has 0 spiro atoms. The quantitative estimate of drug-likeness (QED) is 0.849. The SMILES string of the molecule is CS(=O)(=O)Nc1cc(Br)c(Oc2ccc(F)cc2F)cc1F. The van der Waals surface area contributed by atoms with Gasteiger partial charge in [-0.3, -0.25) is 4.72 Å². The first kappa shape index (κ1) is 16.6. The van der Waals surface area contributed by atoms with Gasteiger partial charge in [-0.1, -0.05) is 0 Å². The standard InChI is InChI=1S/C13H9BrF3NO3S/c1-22(19,20)18-11-5-8(14)13(6-9(11)16)21-12-3-2-7(15)4-10(12)17/h2-6,18H,1H3. The normalized spacial score (nSPS) is 11.3. The van der Waals surface area contributed by atoms with E-state index in [-0.39, 0.29) is 21.7 Å². The fourth-order valence-electron chi connectivity index (χ4n) is 1.56. The average Bonchev–Trinajstić information content (AvgIpc) is 2.36. The minimum atomic E-state index is -3.65. The molecule has 2 aromatic carbocycles. The molecule has 0 saturated heterocycles. The molecule has 9 heteroatoms. The zero-order valence-electron chi connectivity index (χ0n) is 11.0. The Bertz CT molecular complexity index is 828. The first-order valence-corrected chi connectivity index (χ1v) is 8.44. The van der Waals surface area contributed by atoms with E-state index in [1.807, 2.05) is 4.72 Å². The van der Waals surface area contributed by atoms with Gasteiger partial charge in [0.2, 0.25) is 10.0 Å². The van der Waals surface area contributed by atoms with Crippen LogP contribution in [0.25, 0.3) is 0 Å². The first-order chi connectivity index (χ1) is 10.2. The summed E-state index contributed by atoms with van der Waals surface area (Å²) in [4.78, 5) is 0. The lowest BCUT2D eigenvalue weighted by molar-refractivity contribution is 0.432. The number of sulfonamides is 1. The monoisotopic (exact) mass is 395 g/mol. The van der Waals surface area contributed by atoms with E-state index in [1.165, 1.54) is 0 Å². The van der Waals surface area contributed by atoms with Gasteiger partial charge in [0.15, 0.2) is 17.4 Å². The van der Waals surface area contributed by atoms with Crippen LogP contribution in [0.1, 0.15) is 0 Å². The lowest BCUT2D eigenvalue weighted by atomic mass is 10.3. The molecule has 0 saturated carbocycles. The maximum absolute atomic E-state index is 13.8. The lowest BCUT2D eigenvalue weighted by Crippen LogP contribution is -2.11. The molecular formula is C13H9BrF3NO3S. The number of rotatable bonds is 4. The number of anilines is 1. The number of hydrogen-bond acceptors (Lipinski definition) is 3. The number of halogens is 4. The summed E-state index contributed by atoms with van der Waals surface area (Å²) in [5.41, 5.74) is -0.290. The van der Waals surface area contributed by atoms with Crippen LogP contribution < -0.4 is 9.46 Å². The van der Waals surface area contributed by atoms with Crippen molar-refractivity contribution in [3.05, 3.63) is 52.3 Å². The van der Waals surface area contributed by atoms with Crippen molar-refractivity contribution in [1.29, 1.82) is 0 Å². The third-order valence-corrected chi connectivity index (χ3v) is 3.64. The molecule has 0 aliphatic heterocycles. The van der Waals surface area contributed by atoms with Crippen LogP contribution in [0, 0.1) is 17.5 Å². The summed E-state index contributed by atoms with van der Waals surface area (Å²) in [6, 6.07) is 4.67. The van der Waals surface area contributed by atoms with Crippen LogP contribution in [0.5, 0.6) is 11.5 Å². The van der Waals surface area contributed by atoms with E-state index in [0.717, 1.165) is 30.5 Å². The van der Waals surface area contributed by atoms with Gasteiger partial charge < -0.3 is 4.74 Å². The Kier molecular flexibility index (Phi) is 4.66. The van der Waals surface area contributed by atoms with Gasteiger partial charge in [0.05, 0.1) is 16.4 Å². The molecule has 2 aromatic rings. The molecule has 0 heterocycles. The van der Waals surface area contributed by atoms with E-state index in [0.29, 0.717) is 6.07 Å². The second-order valence-electron chi connectivity index (χ2n) is 4.31. The van der Waals surface area contributed by atoms with Crippen LogP contribution in [-0.2, 0) is 10.0 Å². The number of benzene rings is 2. The predicted octanol–water partition coefficient (Wildman–Crippen LogP) is 4.03. The van der Waals surface area contributed by atoms with E-state index >= 15 is 0 Å². The first-order valence-electron chi connectivity index (χ1n) is 5.75. The third-order valence-electron chi connectivity index (χ3n) is 2.43. The zero-order valence-corrected chi connectivity index (χ0v) is 13.4. The molecule has 0 aliphatic carbocycles. The summed E-state index contributed by atoms with van der Waals surface area (Å²) in [5, 5.41) is 0. The van der Waals surface area contributed by atoms with Gasteiger partial charge in [0, 0.05) is 12.1 Å². The van der Waals surface area contributed by atoms with Crippen molar-refractivity contribution >= 4 is 31.6 Å². The van der Waals surface area contributed by atoms with Crippen molar-refractivity contribution in [3.63, 3.8) is 0 Å². The van der Waals surface area contributed by atoms with Gasteiger partial charge in [0.25, 0.3) is 0 Å². The summed E-state index contributed by atoms with van der Waals surface area (Å²) in [6.45, 7) is 0. The van der Waals surface area contributed by atoms with Crippen molar-refractivity contribution in [2.24, 2.45) is 0 Å². The highest BCUT2D eigenvalue weighted by atomic mass is 79.9. The molecule has 0 radical (unpaired) electrons. The van der Waals surface area contributed by atoms with Crippen LogP contribution >= 0.6 is 15.9 Å². The summed E-state index contributed by atoms with van der Waals surface area (Å²) in [7, 11) is -3.65. The lowest BCUT2D eigenvalue weighted by Gasteiger charge is -2.12. The fraction of sp³-hybridized carbons (Fsp3) is 0.0769. The van der Waals surface area contributed by atoms with E-state index < -0.39 is 27.5 Å². The second-order valence-corrected chi connectivity index (χ2v) is 6.92. The van der Waals surface area contributed by atoms with Gasteiger partial charge in [0.1, 0.15) is 11.6 Å². The maximum atomic E-state index is 13.8. The van der Waals surface area contributed by atoms with Crippen LogP contribution in [0.3, 0.4) is 0 Å². The van der Waals surface area contributed by atoms with Crippen LogP contribution in [0.2, 0.25) is 0 Å². The Balaban J connectivity index is 2.35. The van der Waals surface area contributed by atoms with Crippen LogP contribution in [0.15, 0.2) is 34.8 Å². The van der Waals surface area contributed by atoms with Gasteiger partial charge >= 0.3 is 0 Å². The van der Waals surface area contributed by atoms with E-state index in [9.17, 15) is 21.6 Å². The molecule has 2 rings (SSSR count). The molecule has 22 heavy (non-hydrogen) atoms. The predicted molar refractivity (Wildman–Crippen MR) is 79.0 cm³/mol. The Morgan fingerprint density at radius 1 is 1.05 bits per heavy atom. The third kappa shape index (κ3) is 4.14. The second kappa shape index (κ2) is 6.17. The van der Waals surface area contributed by atoms with Gasteiger partial charge in [-0.15, -0.1) is 0 Å². The van der Waals surface area contributed by atoms with Gasteiger partial charge in [-0.05, 0) is 34.1 Å². The largest absolute Gasteiger partial charge is 0.453 e. The maximum Gasteiger partial charge on any atom is 0.229 e. The molecule has 0 bridgehead atoms. The number of ether oxygens (including phenoxy) is 1. The van der Waals surface area contributed by atoms with Crippen molar-refractivity contribution in [3.8, 4) is 11.5 Å². The minimum absolute atomic E-state index is 0.0953. The number of hydrogen-bond donors (Lipinski definition) is 1. The molecule has 0 atom stereocenters. The summed E-state index contributed by atoms with van der Waals surface area (Å²) >= 11 is 3.06. The number of nitrogens with one attached hydrogen (secondary N) is 1. The van der Waals surface area contributed by atoms with Crippen LogP contribution in [-0.4, -0.2) is 14.7 Å². The van der Waals surface area contributed by atoms with Crippen molar-refractivity contribution < 1.29 is 26.3 Å². The minimum Gasteiger partial charge on any atom is -0.453 e. The highest BCUT2D eigenvalue weighted by Gasteiger charge is 2.14. The molecule has 0 aromatic heterocycles. The average molecular weight is 396 g/mol. The summed E-state index contributed by atoms with van der Waals surface area (Å²) < 4.78 is 69.7. The van der Waals surface area contributed by atoms with Gasteiger partial charge in [-0.2, -0.15) is 0 Å². The molecule has 0 aliphatic rings. The fourth-order valence-corrected chi connectivity index (χ4v) is 2.54. The van der Waals surface area contributed by atoms with E-state index in [2.05, 4.69) is 15.9 Å². The van der Waals surface area contributed by atoms with Crippen molar-refractivity contribution in [2.45, 2.75) is 0 Å². The molecule has 118 valence electrons. The molecule has 1 N–H and O–H groups in total. The molecular weight excluding hydrogens is 387 g/mol. The Morgan fingerprint density at radius 3 is 2.32 bits per heavy atom. The topological polar surface area (TPSA) is 55.4 Å². The molecule has 0 fully saturated rings. The Labute approximate surface area is 133 Å². The molecule has 4 nitrogen and oxygen atoms in total. The highest BCUT2D eigenvalue weighted by molar-refractivity contribution is 9.10. The summed E-state index contributed by atoms with van der Waals surface area (Å²) in [6.07, 6.45) is 0.874. The zero-order chi connectivity index (χ0) is 16.5. The van der Waals surface area contributed by atoms with Crippen molar-refractivity contribution in [1.82, 2.24) is 0 Å². The highest BCUT2D eigenvalue weighted by Crippen LogP contribution is 2.35. The molecule has 0 amide bonds. The summed E-state index contributed by atoms with van der Waals surface area (Å²) in [5.74, 6) is -3.04. The smallest absolute Gasteiger partial charge is 0.229 e. The van der Waals surface area contributed by atoms with Gasteiger partial charge in [-0.25, -0.2) is 21.6 Å². The molecule has 0 unspecified atom stereocenters. The van der Waals surface area contributed by atoms with Crippen LogP contribution in [0.4, 0.5) is 18.9 Å². The van der Waals surface area contributed by atoms with E-state index in [1.54, 1.807) is 0 Å². The van der Waals surface area contributed by atoms with Crippen molar-refractivity contribution in [2.75, 3.05) is 11.0 Å². The van der Waals surface area contributed by atoms with E-state index in [4.69, 9.17) is 4.74 Å². The Morgan fingerprint density at radius 2 is 1.73 bits per heavy atom. The Hall–Kier alpha value is -1.74.